The van der Waals surface area contributed by atoms with Gasteiger partial charge in [-0.05, 0) is 91.8 Å². The number of carbonyl (C=O) groups is 2. The van der Waals surface area contributed by atoms with Crippen molar-refractivity contribution in [2.45, 2.75) is 90.8 Å². The molecule has 0 aromatic heterocycles. The topological polar surface area (TPSA) is 156 Å². The smallest absolute Gasteiger partial charge is 0.726 e. The molecule has 0 radical (unpaired) electrons. The zero-order chi connectivity index (χ0) is 26.5. The van der Waals surface area contributed by atoms with Gasteiger partial charge in [0.2, 0.25) is 16.3 Å². The minimum Gasteiger partial charge on any atom is -0.726 e. The van der Waals surface area contributed by atoms with Crippen LogP contribution in [-0.2, 0) is 24.2 Å². The summed E-state index contributed by atoms with van der Waals surface area (Å²) < 4.78 is 38.1. The van der Waals surface area contributed by atoms with Gasteiger partial charge in [-0.2, -0.15) is 0 Å². The molecule has 12 heteroatoms. The van der Waals surface area contributed by atoms with Crippen molar-refractivity contribution in [3.8, 4) is 0 Å². The normalized spacial score (nSPS) is 38.7. The van der Waals surface area contributed by atoms with Gasteiger partial charge in [-0.1, -0.05) is 32.4 Å². The molecule has 0 aliphatic heterocycles. The molecule has 4 aliphatic rings. The standard InChI is InChI=1S/C26H41NO8S.2Na/c1-15(4-7-22(29)27-14-23(30)31)18-5-6-19-24-20(9-11-26(18,19)3)25(2)10-8-17(35-36(32,33)34)12-16(25)13-21(24)28;;/h13,15,17-21,24,28H,4-12,14H2,1-3H3,(H,27,29)(H,30,31)(H,32,33,34);;/q;2*+1/p-2/t15-,17+,18-,19+,20+,21-,24+,25+,26-;;/m1../s1/i14+1,23+1,27+1;;. The Morgan fingerprint density at radius 2 is 1.84 bits per heavy atom. The molecule has 0 aromatic carbocycles. The van der Waals surface area contributed by atoms with E-state index in [1.807, 2.05) is 6.08 Å². The van der Waals surface area contributed by atoms with E-state index in [-0.39, 0.29) is 88.2 Å². The van der Waals surface area contributed by atoms with Crippen LogP contribution in [0.15, 0.2) is 11.6 Å². The first-order valence-electron chi connectivity index (χ1n) is 13.2. The molecular weight excluding hydrogens is 535 g/mol. The molecule has 4 aliphatic carbocycles. The number of fused-ring (bicyclic) bond motifs is 5. The summed E-state index contributed by atoms with van der Waals surface area (Å²) in [5.74, 6) is -0.0684. The summed E-state index contributed by atoms with van der Waals surface area (Å²) in [5, 5.41) is 24.3. The van der Waals surface area contributed by atoms with Crippen LogP contribution in [0.4, 0.5) is 0 Å². The second-order valence-electron chi connectivity index (χ2n) is 12.2. The molecule has 1 amide bonds. The van der Waals surface area contributed by atoms with E-state index in [1.165, 1.54) is 0 Å². The van der Waals surface area contributed by atoms with Crippen molar-refractivity contribution in [2.24, 2.45) is 40.4 Å². The zero-order valence-electron chi connectivity index (χ0n) is 23.4. The van der Waals surface area contributed by atoms with E-state index in [0.29, 0.717) is 42.9 Å². The summed E-state index contributed by atoms with van der Waals surface area (Å²) in [6, 6.07) is 0. The largest absolute Gasteiger partial charge is 1.00 e. The third kappa shape index (κ3) is 7.10. The van der Waals surface area contributed by atoms with Crippen molar-refractivity contribution in [1.29, 1.82) is 0 Å². The Morgan fingerprint density at radius 3 is 2.47 bits per heavy atom. The van der Waals surface area contributed by atoms with Gasteiger partial charge in [0.25, 0.3) is 0 Å². The number of hydrogen-bond acceptors (Lipinski definition) is 8. The van der Waals surface area contributed by atoms with Crippen LogP contribution in [0.5, 0.6) is 0 Å². The van der Waals surface area contributed by atoms with Crippen molar-refractivity contribution in [2.75, 3.05) is 6.54 Å². The minimum atomic E-state index is -4.76. The monoisotopic (exact) mass is 574 g/mol. The number of nitrogens with one attached hydrogen (secondary N) is 1. The third-order valence-corrected chi connectivity index (χ3v) is 10.9. The van der Waals surface area contributed by atoms with Crippen LogP contribution in [0.25, 0.3) is 0 Å². The first-order chi connectivity index (χ1) is 16.7. The van der Waals surface area contributed by atoms with E-state index in [4.69, 9.17) is 4.18 Å². The summed E-state index contributed by atoms with van der Waals surface area (Å²) in [6.45, 7) is 6.28. The second-order valence-corrected chi connectivity index (χ2v) is 13.2. The molecule has 9 atom stereocenters. The molecule has 9 nitrogen and oxygen atoms in total. The van der Waals surface area contributed by atoms with Crippen molar-refractivity contribution in [3.05, 3.63) is 11.6 Å². The van der Waals surface area contributed by atoms with E-state index in [1.54, 1.807) is 0 Å². The summed E-state index contributed by atoms with van der Waals surface area (Å²) in [4.78, 5) is 22.6. The number of carbonyl (C=O) groups excluding carboxylic acids is 2. The van der Waals surface area contributed by atoms with Gasteiger partial charge in [0, 0.05) is 6.42 Å². The molecule has 0 saturated heterocycles. The Kier molecular flexibility index (Phi) is 12.1. The van der Waals surface area contributed by atoms with Crippen molar-refractivity contribution < 1.29 is 96.1 Å². The quantitative estimate of drug-likeness (QED) is 0.0737. The second kappa shape index (κ2) is 13.2. The van der Waals surface area contributed by atoms with Gasteiger partial charge in [0.15, 0.2) is 0 Å². The summed E-state index contributed by atoms with van der Waals surface area (Å²) in [6.07, 6.45) is 7.30. The van der Waals surface area contributed by atoms with Gasteiger partial charge in [-0.3, -0.25) is 8.98 Å². The molecule has 3 saturated carbocycles. The van der Waals surface area contributed by atoms with E-state index < -0.39 is 35.1 Å². The van der Waals surface area contributed by atoms with Crippen LogP contribution in [0.3, 0.4) is 0 Å². The zero-order valence-corrected chi connectivity index (χ0v) is 28.2. The number of aliphatic carboxylic acids is 1. The van der Waals surface area contributed by atoms with E-state index >= 15 is 0 Å². The van der Waals surface area contributed by atoms with E-state index in [2.05, 4.69) is 26.1 Å². The van der Waals surface area contributed by atoms with E-state index in [0.717, 1.165) is 37.7 Å². The number of carboxylic acids is 1. The molecular formula is C26H39NNa2O8S. The fourth-order valence-corrected chi connectivity index (χ4v) is 9.16. The predicted molar refractivity (Wildman–Crippen MR) is 128 cm³/mol. The maximum Gasteiger partial charge on any atom is 1.00 e. The fourth-order valence-electron chi connectivity index (χ4n) is 8.66. The maximum absolute atomic E-state index is 12.0. The Bertz CT molecular complexity index is 1020. The van der Waals surface area contributed by atoms with Crippen LogP contribution < -0.4 is 69.5 Å². The van der Waals surface area contributed by atoms with Crippen molar-refractivity contribution in [3.63, 3.8) is 0 Å². The first kappa shape index (κ1) is 34.7. The van der Waals surface area contributed by atoms with Crippen molar-refractivity contribution >= 4 is 22.3 Å². The van der Waals surface area contributed by atoms with Gasteiger partial charge in [0.1, 0.15) is 0 Å². The summed E-state index contributed by atoms with van der Waals surface area (Å²) >= 11 is 0. The molecule has 0 unspecified atom stereocenters. The minimum absolute atomic E-state index is 0. The molecule has 4 rings (SSSR count). The number of carboxylic acid groups (broad SMARTS) is 1. The SMILES string of the molecule is C[C@H](CCC(=O)[15NH][13CH2][13C](=O)[O-])[C@H]1CC[C@H]2[C@@H]3[C@H](O)C=C4C[C@@H](OS(=O)(=O)[O-])CC[C@]4(C)[C@H]3CC[C@]12C.[Na+].[Na+]. The predicted octanol–water partition coefficient (Wildman–Crippen LogP) is -4.33. The number of rotatable bonds is 8. The number of amides is 1. The van der Waals surface area contributed by atoms with Crippen LogP contribution in [0.2, 0.25) is 0 Å². The average molecular weight is 575 g/mol. The molecule has 0 heterocycles. The Balaban J connectivity index is 0.00000253. The Morgan fingerprint density at radius 1 is 1.16 bits per heavy atom. The van der Waals surface area contributed by atoms with Gasteiger partial charge in [-0.25, -0.2) is 8.42 Å². The van der Waals surface area contributed by atoms with Gasteiger partial charge < -0.3 is 24.9 Å². The molecule has 0 bridgehead atoms. The van der Waals surface area contributed by atoms with Crippen LogP contribution in [-0.4, -0.2) is 48.7 Å². The molecule has 0 spiro atoms. The van der Waals surface area contributed by atoms with Crippen LogP contribution >= 0.6 is 0 Å². The third-order valence-electron chi connectivity index (χ3n) is 10.4. The number of aliphatic hydroxyl groups is 1. The van der Waals surface area contributed by atoms with E-state index in [9.17, 15) is 32.8 Å². The van der Waals surface area contributed by atoms with Crippen molar-refractivity contribution in [1.82, 2.24) is 5.32 Å². The first-order valence-corrected chi connectivity index (χ1v) is 14.6. The molecule has 0 aromatic rings. The van der Waals surface area contributed by atoms with Gasteiger partial charge in [-0.15, -0.1) is 0 Å². The molecule has 204 valence electrons. The summed E-state index contributed by atoms with van der Waals surface area (Å²) in [5.41, 5.74) is 0.936. The van der Waals surface area contributed by atoms with Crippen LogP contribution in [0.1, 0.15) is 78.6 Å². The molecule has 38 heavy (non-hydrogen) atoms. The maximum atomic E-state index is 12.0. The van der Waals surface area contributed by atoms with Crippen LogP contribution in [0, 0.1) is 40.4 Å². The number of hydrogen-bond donors (Lipinski definition) is 2. The fraction of sp³-hybridized carbons (Fsp3) is 0.846. The Labute approximate surface area is 270 Å². The average Bonchev–Trinajstić information content (AvgIpc) is 3.13. The molecule has 2 N–H and O–H groups in total. The summed E-state index contributed by atoms with van der Waals surface area (Å²) in [7, 11) is -4.76. The number of aliphatic hydroxyl groups excluding tert-OH is 1. The molecule has 3 fully saturated rings. The van der Waals surface area contributed by atoms with Gasteiger partial charge in [0.05, 0.1) is 24.7 Å². The Hall–Kier alpha value is 0.510. The van der Waals surface area contributed by atoms with Gasteiger partial charge >= 0.3 is 59.1 Å².